The van der Waals surface area contributed by atoms with Crippen LogP contribution in [0.1, 0.15) is 0 Å². The van der Waals surface area contributed by atoms with Gasteiger partial charge < -0.3 is 5.32 Å². The van der Waals surface area contributed by atoms with E-state index in [4.69, 9.17) is 16.4 Å². The van der Waals surface area contributed by atoms with Crippen molar-refractivity contribution in [1.82, 2.24) is 15.0 Å². The van der Waals surface area contributed by atoms with Crippen LogP contribution < -0.4 is 5.32 Å². The molecule has 1 aromatic carbocycles. The summed E-state index contributed by atoms with van der Waals surface area (Å²) in [6, 6.07) is 14.1. The lowest BCUT2D eigenvalue weighted by atomic mass is 10.1. The SMILES string of the molecule is C#CCNc1nc(-c2cccnc2)nc2scc(-c3ccccc3)c12. The molecular formula is C20H14N4S. The Morgan fingerprint density at radius 2 is 1.88 bits per heavy atom. The van der Waals surface area contributed by atoms with Crippen LogP contribution >= 0.6 is 11.3 Å². The number of thiophene rings is 1. The van der Waals surface area contributed by atoms with Crippen molar-refractivity contribution < 1.29 is 0 Å². The van der Waals surface area contributed by atoms with Crippen molar-refractivity contribution in [3.8, 4) is 34.9 Å². The largest absolute Gasteiger partial charge is 0.358 e. The van der Waals surface area contributed by atoms with Crippen LogP contribution in [0.2, 0.25) is 0 Å². The van der Waals surface area contributed by atoms with Gasteiger partial charge in [0, 0.05) is 28.9 Å². The summed E-state index contributed by atoms with van der Waals surface area (Å²) in [6.45, 7) is 0.405. The fourth-order valence-electron chi connectivity index (χ4n) is 2.66. The molecule has 0 amide bonds. The van der Waals surface area contributed by atoms with E-state index < -0.39 is 0 Å². The molecule has 0 fully saturated rings. The molecule has 0 spiro atoms. The second-order valence-corrected chi connectivity index (χ2v) is 6.25. The van der Waals surface area contributed by atoms with Gasteiger partial charge in [-0.2, -0.15) is 0 Å². The number of hydrogen-bond acceptors (Lipinski definition) is 5. The van der Waals surface area contributed by atoms with E-state index in [-0.39, 0.29) is 0 Å². The molecule has 0 aliphatic rings. The summed E-state index contributed by atoms with van der Waals surface area (Å²) >= 11 is 1.60. The third kappa shape index (κ3) is 2.95. The zero-order valence-electron chi connectivity index (χ0n) is 13.3. The first-order valence-corrected chi connectivity index (χ1v) is 8.67. The van der Waals surface area contributed by atoms with Gasteiger partial charge in [0.05, 0.1) is 11.9 Å². The first-order valence-electron chi connectivity index (χ1n) is 7.79. The molecule has 0 radical (unpaired) electrons. The number of nitrogens with one attached hydrogen (secondary N) is 1. The van der Waals surface area contributed by atoms with Gasteiger partial charge in [0.2, 0.25) is 0 Å². The third-order valence-corrected chi connectivity index (χ3v) is 4.67. The van der Waals surface area contributed by atoms with Gasteiger partial charge in [0.25, 0.3) is 0 Å². The average molecular weight is 342 g/mol. The smallest absolute Gasteiger partial charge is 0.164 e. The lowest BCUT2D eigenvalue weighted by Gasteiger charge is -2.09. The van der Waals surface area contributed by atoms with E-state index >= 15 is 0 Å². The fraction of sp³-hybridized carbons (Fsp3) is 0.0500. The molecule has 0 aliphatic carbocycles. The molecule has 0 unspecified atom stereocenters. The lowest BCUT2D eigenvalue weighted by molar-refractivity contribution is 1.19. The van der Waals surface area contributed by atoms with Crippen LogP contribution in [0.5, 0.6) is 0 Å². The Morgan fingerprint density at radius 3 is 2.64 bits per heavy atom. The van der Waals surface area contributed by atoms with E-state index in [1.165, 1.54) is 0 Å². The van der Waals surface area contributed by atoms with Crippen LogP contribution in [0.15, 0.2) is 60.2 Å². The lowest BCUT2D eigenvalue weighted by Crippen LogP contribution is -2.03. The van der Waals surface area contributed by atoms with Crippen molar-refractivity contribution in [3.05, 3.63) is 60.2 Å². The predicted octanol–water partition coefficient (Wildman–Crippen LogP) is 4.47. The Balaban J connectivity index is 1.93. The first kappa shape index (κ1) is 15.3. The average Bonchev–Trinajstić information content (AvgIpc) is 3.11. The summed E-state index contributed by atoms with van der Waals surface area (Å²) < 4.78 is 0. The number of fused-ring (bicyclic) bond motifs is 1. The Labute approximate surface area is 149 Å². The molecule has 0 aliphatic heterocycles. The van der Waals surface area contributed by atoms with Crippen LogP contribution in [0.25, 0.3) is 32.7 Å². The first-order chi connectivity index (χ1) is 12.4. The highest BCUT2D eigenvalue weighted by Crippen LogP contribution is 2.37. The summed E-state index contributed by atoms with van der Waals surface area (Å²) in [5.41, 5.74) is 3.12. The Bertz CT molecular complexity index is 1050. The highest BCUT2D eigenvalue weighted by molar-refractivity contribution is 7.17. The summed E-state index contributed by atoms with van der Waals surface area (Å²) in [5, 5.41) is 6.36. The van der Waals surface area contributed by atoms with E-state index in [0.29, 0.717) is 12.4 Å². The van der Waals surface area contributed by atoms with Crippen molar-refractivity contribution in [2.45, 2.75) is 0 Å². The molecule has 3 heterocycles. The quantitative estimate of drug-likeness (QED) is 0.556. The standard InChI is InChI=1S/C20H14N4S/c1-2-10-22-19-17-16(14-7-4-3-5-8-14)13-25-20(17)24-18(23-19)15-9-6-11-21-12-15/h1,3-9,11-13H,10H2,(H,22,23,24). The van der Waals surface area contributed by atoms with Crippen molar-refractivity contribution in [1.29, 1.82) is 0 Å². The predicted molar refractivity (Wildman–Crippen MR) is 103 cm³/mol. The van der Waals surface area contributed by atoms with Crippen molar-refractivity contribution >= 4 is 27.4 Å². The molecule has 4 aromatic rings. The van der Waals surface area contributed by atoms with E-state index in [0.717, 1.165) is 32.7 Å². The highest BCUT2D eigenvalue weighted by Gasteiger charge is 2.15. The van der Waals surface area contributed by atoms with Gasteiger partial charge in [-0.05, 0) is 17.7 Å². The number of terminal acetylenes is 1. The molecule has 0 saturated carbocycles. The highest BCUT2D eigenvalue weighted by atomic mass is 32.1. The molecule has 4 rings (SSSR count). The Kier molecular flexibility index (Phi) is 4.11. The normalized spacial score (nSPS) is 10.5. The second-order valence-electron chi connectivity index (χ2n) is 5.39. The number of aromatic nitrogens is 3. The minimum atomic E-state index is 0.405. The summed E-state index contributed by atoms with van der Waals surface area (Å²) in [6.07, 6.45) is 8.93. The van der Waals surface area contributed by atoms with Crippen molar-refractivity contribution in [2.24, 2.45) is 0 Å². The van der Waals surface area contributed by atoms with Gasteiger partial charge in [-0.15, -0.1) is 17.8 Å². The second kappa shape index (κ2) is 6.71. The molecule has 120 valence electrons. The van der Waals surface area contributed by atoms with Gasteiger partial charge >= 0.3 is 0 Å². The minimum absolute atomic E-state index is 0.405. The van der Waals surface area contributed by atoms with Gasteiger partial charge in [0.15, 0.2) is 5.82 Å². The summed E-state index contributed by atoms with van der Waals surface area (Å²) in [5.74, 6) is 4.00. The molecule has 0 atom stereocenters. The fourth-order valence-corrected chi connectivity index (χ4v) is 3.61. The molecule has 1 N–H and O–H groups in total. The van der Waals surface area contributed by atoms with Gasteiger partial charge in [-0.3, -0.25) is 4.98 Å². The minimum Gasteiger partial charge on any atom is -0.358 e. The van der Waals surface area contributed by atoms with Crippen LogP contribution in [-0.2, 0) is 0 Å². The maximum Gasteiger partial charge on any atom is 0.164 e. The third-order valence-electron chi connectivity index (χ3n) is 3.80. The summed E-state index contributed by atoms with van der Waals surface area (Å²) in [7, 11) is 0. The molecule has 4 nitrogen and oxygen atoms in total. The van der Waals surface area contributed by atoms with E-state index in [2.05, 4.69) is 33.7 Å². The zero-order chi connectivity index (χ0) is 17.1. The van der Waals surface area contributed by atoms with Gasteiger partial charge in [-0.1, -0.05) is 36.3 Å². The number of nitrogens with zero attached hydrogens (tertiary/aromatic N) is 3. The van der Waals surface area contributed by atoms with Crippen molar-refractivity contribution in [2.75, 3.05) is 11.9 Å². The van der Waals surface area contributed by atoms with Gasteiger partial charge in [-0.25, -0.2) is 9.97 Å². The topological polar surface area (TPSA) is 50.7 Å². The molecule has 3 aromatic heterocycles. The van der Waals surface area contributed by atoms with Crippen molar-refractivity contribution in [3.63, 3.8) is 0 Å². The number of rotatable bonds is 4. The molecule has 0 bridgehead atoms. The monoisotopic (exact) mass is 342 g/mol. The summed E-state index contributed by atoms with van der Waals surface area (Å²) in [4.78, 5) is 14.5. The van der Waals surface area contributed by atoms with E-state index in [9.17, 15) is 0 Å². The molecule has 5 heteroatoms. The molecule has 25 heavy (non-hydrogen) atoms. The molecular weight excluding hydrogens is 328 g/mol. The van der Waals surface area contributed by atoms with E-state index in [1.54, 1.807) is 23.7 Å². The van der Waals surface area contributed by atoms with Crippen LogP contribution in [-0.4, -0.2) is 21.5 Å². The number of anilines is 1. The Morgan fingerprint density at radius 1 is 1.04 bits per heavy atom. The maximum absolute atomic E-state index is 5.43. The molecule has 0 saturated heterocycles. The number of benzene rings is 1. The number of hydrogen-bond donors (Lipinski definition) is 1. The van der Waals surface area contributed by atoms with Gasteiger partial charge in [0.1, 0.15) is 10.6 Å². The number of pyridine rings is 1. The Hall–Kier alpha value is -3.23. The van der Waals surface area contributed by atoms with Crippen LogP contribution in [0.4, 0.5) is 5.82 Å². The zero-order valence-corrected chi connectivity index (χ0v) is 14.1. The van der Waals surface area contributed by atoms with Crippen LogP contribution in [0, 0.1) is 12.3 Å². The van der Waals surface area contributed by atoms with E-state index in [1.807, 2.05) is 30.3 Å². The van der Waals surface area contributed by atoms with Crippen LogP contribution in [0.3, 0.4) is 0 Å². The maximum atomic E-state index is 5.43.